The third kappa shape index (κ3) is 3.74. The number of ether oxygens (including phenoxy) is 1. The number of rotatable bonds is 3. The fourth-order valence-corrected chi connectivity index (χ4v) is 5.47. The van der Waals surface area contributed by atoms with Crippen LogP contribution in [0.25, 0.3) is 22.6 Å². The van der Waals surface area contributed by atoms with Crippen LogP contribution in [0.1, 0.15) is 31.1 Å². The van der Waals surface area contributed by atoms with Gasteiger partial charge in [-0.05, 0) is 31.9 Å². The number of halogens is 2. The Kier molecular flexibility index (Phi) is 5.93. The number of carbonyl (C=O) groups is 1. The molecular formula is C23H26Cl2N6O2. The highest BCUT2D eigenvalue weighted by atomic mass is 35.5. The molecule has 3 aliphatic heterocycles. The van der Waals surface area contributed by atoms with Crippen LogP contribution in [-0.2, 0) is 9.53 Å². The lowest BCUT2D eigenvalue weighted by Gasteiger charge is -2.38. The average Bonchev–Trinajstić information content (AvgIpc) is 3.52. The third-order valence-electron chi connectivity index (χ3n) is 6.81. The maximum atomic E-state index is 12.1. The van der Waals surface area contributed by atoms with Gasteiger partial charge in [0.1, 0.15) is 11.6 Å². The van der Waals surface area contributed by atoms with Gasteiger partial charge in [-0.2, -0.15) is 0 Å². The van der Waals surface area contributed by atoms with Crippen LogP contribution in [0.5, 0.6) is 0 Å². The second-order valence-electron chi connectivity index (χ2n) is 8.79. The minimum absolute atomic E-state index is 0. The summed E-state index contributed by atoms with van der Waals surface area (Å²) in [4.78, 5) is 31.2. The van der Waals surface area contributed by atoms with Crippen molar-refractivity contribution in [3.63, 3.8) is 0 Å². The first-order valence-electron chi connectivity index (χ1n) is 11.2. The van der Waals surface area contributed by atoms with Crippen LogP contribution in [0, 0.1) is 6.92 Å². The molecule has 0 bridgehead atoms. The highest BCUT2D eigenvalue weighted by Gasteiger charge is 2.37. The van der Waals surface area contributed by atoms with E-state index in [1.807, 2.05) is 36.1 Å². The quantitative estimate of drug-likeness (QED) is 0.559. The highest BCUT2D eigenvalue weighted by molar-refractivity contribution is 6.33. The molecule has 0 aliphatic carbocycles. The first-order valence-corrected chi connectivity index (χ1v) is 11.6. The molecule has 8 nitrogen and oxygen atoms in total. The molecule has 2 atom stereocenters. The van der Waals surface area contributed by atoms with Gasteiger partial charge in [-0.15, -0.1) is 12.4 Å². The van der Waals surface area contributed by atoms with Gasteiger partial charge in [0.25, 0.3) is 0 Å². The topological polar surface area (TPSA) is 76.4 Å². The predicted molar refractivity (Wildman–Crippen MR) is 129 cm³/mol. The second kappa shape index (κ2) is 8.74. The Morgan fingerprint density at radius 3 is 2.73 bits per heavy atom. The van der Waals surface area contributed by atoms with E-state index >= 15 is 0 Å². The van der Waals surface area contributed by atoms with Crippen LogP contribution in [0.4, 0.5) is 5.82 Å². The molecular weight excluding hydrogens is 463 g/mol. The average molecular weight is 489 g/mol. The summed E-state index contributed by atoms with van der Waals surface area (Å²) in [7, 11) is 0. The predicted octanol–water partition coefficient (Wildman–Crippen LogP) is 3.65. The molecule has 1 aromatic carbocycles. The number of amides is 1. The van der Waals surface area contributed by atoms with E-state index in [0.717, 1.165) is 67.5 Å². The second-order valence-corrected chi connectivity index (χ2v) is 9.20. The van der Waals surface area contributed by atoms with E-state index in [9.17, 15) is 4.79 Å². The number of imidazole rings is 1. The van der Waals surface area contributed by atoms with Crippen molar-refractivity contribution >= 4 is 46.9 Å². The van der Waals surface area contributed by atoms with Crippen LogP contribution in [-0.4, -0.2) is 69.2 Å². The van der Waals surface area contributed by atoms with Crippen molar-refractivity contribution in [1.82, 2.24) is 24.4 Å². The van der Waals surface area contributed by atoms with Gasteiger partial charge in [-0.25, -0.2) is 15.0 Å². The molecule has 33 heavy (non-hydrogen) atoms. The molecule has 1 unspecified atom stereocenters. The molecule has 3 saturated heterocycles. The van der Waals surface area contributed by atoms with Crippen LogP contribution in [0.2, 0.25) is 5.02 Å². The van der Waals surface area contributed by atoms with Crippen molar-refractivity contribution in [1.29, 1.82) is 0 Å². The number of aromatic nitrogens is 4. The molecule has 0 saturated carbocycles. The fourth-order valence-electron chi connectivity index (χ4n) is 5.25. The molecule has 174 valence electrons. The van der Waals surface area contributed by atoms with E-state index in [1.165, 1.54) is 0 Å². The summed E-state index contributed by atoms with van der Waals surface area (Å²) in [5.41, 5.74) is 2.49. The van der Waals surface area contributed by atoms with Crippen molar-refractivity contribution in [3.05, 3.63) is 35.1 Å². The van der Waals surface area contributed by atoms with Crippen molar-refractivity contribution < 1.29 is 9.53 Å². The van der Waals surface area contributed by atoms with Gasteiger partial charge in [-0.3, -0.25) is 4.79 Å². The zero-order valence-corrected chi connectivity index (χ0v) is 20.0. The Morgan fingerprint density at radius 1 is 1.09 bits per heavy atom. The number of anilines is 1. The Labute approximate surface area is 203 Å². The minimum Gasteiger partial charge on any atom is -0.379 e. The summed E-state index contributed by atoms with van der Waals surface area (Å²) in [6.45, 7) is 5.52. The van der Waals surface area contributed by atoms with E-state index < -0.39 is 0 Å². The normalized spacial score (nSPS) is 22.7. The Morgan fingerprint density at radius 2 is 1.94 bits per heavy atom. The summed E-state index contributed by atoms with van der Waals surface area (Å²) in [5.74, 6) is 2.63. The van der Waals surface area contributed by atoms with Gasteiger partial charge in [0.2, 0.25) is 5.91 Å². The number of piperazine rings is 1. The molecule has 6 rings (SSSR count). The molecule has 2 aromatic heterocycles. The number of fused-ring (bicyclic) bond motifs is 2. The van der Waals surface area contributed by atoms with E-state index in [2.05, 4.69) is 9.47 Å². The van der Waals surface area contributed by atoms with Crippen LogP contribution >= 0.6 is 24.0 Å². The fraction of sp³-hybridized carbons (Fsp3) is 0.478. The number of hydrogen-bond acceptors (Lipinski definition) is 6. The number of hydrogen-bond donors (Lipinski definition) is 0. The molecule has 0 N–H and O–H groups in total. The monoisotopic (exact) mass is 488 g/mol. The van der Waals surface area contributed by atoms with E-state index in [-0.39, 0.29) is 30.4 Å². The summed E-state index contributed by atoms with van der Waals surface area (Å²) >= 11 is 6.59. The van der Waals surface area contributed by atoms with E-state index in [0.29, 0.717) is 23.9 Å². The molecule has 10 heteroatoms. The van der Waals surface area contributed by atoms with E-state index in [4.69, 9.17) is 31.3 Å². The maximum Gasteiger partial charge on any atom is 0.223 e. The lowest BCUT2D eigenvalue weighted by molar-refractivity contribution is -0.129. The van der Waals surface area contributed by atoms with E-state index in [1.54, 1.807) is 0 Å². The van der Waals surface area contributed by atoms with Crippen molar-refractivity contribution in [2.24, 2.45) is 0 Å². The van der Waals surface area contributed by atoms with Gasteiger partial charge in [0.05, 0.1) is 17.7 Å². The summed E-state index contributed by atoms with van der Waals surface area (Å²) in [6, 6.07) is 8.19. The summed E-state index contributed by atoms with van der Waals surface area (Å²) in [5, 5.41) is 0.660. The first-order chi connectivity index (χ1) is 15.6. The number of nitrogens with zero attached hydrogens (tertiary/aromatic N) is 6. The maximum absolute atomic E-state index is 12.1. The molecule has 0 spiro atoms. The van der Waals surface area contributed by atoms with Gasteiger partial charge in [0.15, 0.2) is 17.0 Å². The van der Waals surface area contributed by atoms with Crippen LogP contribution < -0.4 is 4.90 Å². The third-order valence-corrected chi connectivity index (χ3v) is 7.14. The minimum atomic E-state index is 0. The number of aryl methyl sites for hydroxylation is 1. The smallest absolute Gasteiger partial charge is 0.223 e. The Hall–Kier alpha value is -2.42. The largest absolute Gasteiger partial charge is 0.379 e. The molecule has 0 radical (unpaired) electrons. The van der Waals surface area contributed by atoms with Crippen molar-refractivity contribution in [2.45, 2.75) is 38.3 Å². The van der Waals surface area contributed by atoms with Gasteiger partial charge >= 0.3 is 0 Å². The molecule has 3 aliphatic rings. The summed E-state index contributed by atoms with van der Waals surface area (Å²) in [6.07, 6.45) is 2.45. The van der Waals surface area contributed by atoms with Gasteiger partial charge in [-0.1, -0.05) is 23.7 Å². The summed E-state index contributed by atoms with van der Waals surface area (Å²) < 4.78 is 7.90. The first kappa shape index (κ1) is 22.4. The van der Waals surface area contributed by atoms with Gasteiger partial charge < -0.3 is 19.1 Å². The molecule has 1 amide bonds. The lowest BCUT2D eigenvalue weighted by Crippen LogP contribution is -2.51. The highest BCUT2D eigenvalue weighted by Crippen LogP contribution is 2.37. The zero-order valence-electron chi connectivity index (χ0n) is 18.4. The zero-order chi connectivity index (χ0) is 21.8. The standard InChI is InChI=1S/C23H25ClN6O2.ClH/c1-14-25-22(28-9-10-29-15(12-28)6-7-19(29)31)20-23(26-14)30(16-8-11-32-13-16)21(27-20)17-4-2-3-5-18(17)24;/h2-5,15-16H,6-13H2,1H3;1H/t15?,16-;/m1./s1. The molecule has 3 aromatic rings. The number of benzene rings is 1. The molecule has 3 fully saturated rings. The van der Waals surface area contributed by atoms with Crippen molar-refractivity contribution in [2.75, 3.05) is 37.7 Å². The SMILES string of the molecule is Cc1nc(N2CCN3C(=O)CCC3C2)c2nc(-c3ccccc3Cl)n([C@@H]3CCOC3)c2n1.Cl. The van der Waals surface area contributed by atoms with Crippen LogP contribution in [0.15, 0.2) is 24.3 Å². The van der Waals surface area contributed by atoms with Crippen molar-refractivity contribution in [3.8, 4) is 11.4 Å². The van der Waals surface area contributed by atoms with Gasteiger partial charge in [0, 0.05) is 44.3 Å². The Balaban J connectivity index is 0.00000228. The number of carbonyl (C=O) groups excluding carboxylic acids is 1. The molecule has 5 heterocycles. The Bertz CT molecular complexity index is 1210. The lowest BCUT2D eigenvalue weighted by atomic mass is 10.1. The van der Waals surface area contributed by atoms with Crippen LogP contribution in [0.3, 0.4) is 0 Å².